The van der Waals surface area contributed by atoms with Crippen molar-refractivity contribution in [3.05, 3.63) is 0 Å². The van der Waals surface area contributed by atoms with Gasteiger partial charge in [0.1, 0.15) is 6.61 Å². The molecule has 0 radical (unpaired) electrons. The largest absolute Gasteiger partial charge is 0.373 e. The molecule has 1 fully saturated rings. The Bertz CT molecular complexity index is 183. The summed E-state index contributed by atoms with van der Waals surface area (Å²) in [7, 11) is 0. The van der Waals surface area contributed by atoms with Gasteiger partial charge in [-0.1, -0.05) is 39.0 Å². The van der Waals surface area contributed by atoms with Gasteiger partial charge in [-0.25, -0.2) is 0 Å². The summed E-state index contributed by atoms with van der Waals surface area (Å²) in [5.74, 6) is 1.00. The number of rotatable bonds is 8. The molecule has 1 aliphatic carbocycles. The summed E-state index contributed by atoms with van der Waals surface area (Å²) >= 11 is 0. The van der Waals surface area contributed by atoms with Gasteiger partial charge in [-0.3, -0.25) is 4.79 Å². The second kappa shape index (κ2) is 8.74. The minimum absolute atomic E-state index is 0.282. The molecular formula is C14H26O2. The van der Waals surface area contributed by atoms with Gasteiger partial charge in [0.15, 0.2) is 5.78 Å². The van der Waals surface area contributed by atoms with Crippen molar-refractivity contribution < 1.29 is 9.53 Å². The molecule has 0 atom stereocenters. The first-order valence-corrected chi connectivity index (χ1v) is 6.92. The van der Waals surface area contributed by atoms with Gasteiger partial charge < -0.3 is 4.74 Å². The molecule has 0 aliphatic heterocycles. The molecular weight excluding hydrogens is 200 g/mol. The molecule has 0 aromatic heterocycles. The molecule has 0 amide bonds. The van der Waals surface area contributed by atoms with Gasteiger partial charge in [0, 0.05) is 13.0 Å². The number of hydrogen-bond donors (Lipinski definition) is 0. The fourth-order valence-corrected chi connectivity index (χ4v) is 2.34. The SMILES string of the molecule is CCCCCC(=O)COCC1CCCCC1. The van der Waals surface area contributed by atoms with Crippen molar-refractivity contribution in [1.29, 1.82) is 0 Å². The van der Waals surface area contributed by atoms with E-state index in [0.717, 1.165) is 25.4 Å². The molecule has 0 bridgehead atoms. The van der Waals surface area contributed by atoms with Crippen LogP contribution in [-0.4, -0.2) is 19.0 Å². The molecule has 2 nitrogen and oxygen atoms in total. The predicted octanol–water partition coefficient (Wildman–Crippen LogP) is 3.73. The lowest BCUT2D eigenvalue weighted by Gasteiger charge is -2.20. The van der Waals surface area contributed by atoms with Crippen LogP contribution in [0.15, 0.2) is 0 Å². The van der Waals surface area contributed by atoms with Crippen LogP contribution in [-0.2, 0) is 9.53 Å². The molecule has 0 heterocycles. The van der Waals surface area contributed by atoms with Crippen LogP contribution in [0.1, 0.15) is 64.7 Å². The van der Waals surface area contributed by atoms with Crippen molar-refractivity contribution in [3.63, 3.8) is 0 Å². The average Bonchev–Trinajstić information content (AvgIpc) is 2.31. The zero-order valence-corrected chi connectivity index (χ0v) is 10.7. The predicted molar refractivity (Wildman–Crippen MR) is 66.5 cm³/mol. The minimum Gasteiger partial charge on any atom is -0.373 e. The molecule has 0 aromatic carbocycles. The van der Waals surface area contributed by atoms with Crippen molar-refractivity contribution in [2.24, 2.45) is 5.92 Å². The van der Waals surface area contributed by atoms with Crippen LogP contribution in [0, 0.1) is 5.92 Å². The Morgan fingerprint density at radius 1 is 1.19 bits per heavy atom. The molecule has 2 heteroatoms. The summed E-state index contributed by atoms with van der Waals surface area (Å²) in [6.45, 7) is 3.31. The highest BCUT2D eigenvalue weighted by atomic mass is 16.5. The molecule has 1 saturated carbocycles. The van der Waals surface area contributed by atoms with Gasteiger partial charge in [0.2, 0.25) is 0 Å². The smallest absolute Gasteiger partial charge is 0.158 e. The van der Waals surface area contributed by atoms with Crippen molar-refractivity contribution in [3.8, 4) is 0 Å². The van der Waals surface area contributed by atoms with E-state index in [9.17, 15) is 4.79 Å². The lowest BCUT2D eigenvalue weighted by atomic mass is 9.90. The van der Waals surface area contributed by atoms with Gasteiger partial charge in [0.05, 0.1) is 0 Å². The van der Waals surface area contributed by atoms with Crippen LogP contribution in [0.2, 0.25) is 0 Å². The third-order valence-electron chi connectivity index (χ3n) is 3.40. The Morgan fingerprint density at radius 2 is 1.94 bits per heavy atom. The Kier molecular flexibility index (Phi) is 7.48. The highest BCUT2D eigenvalue weighted by molar-refractivity contribution is 5.79. The lowest BCUT2D eigenvalue weighted by molar-refractivity contribution is -0.124. The number of carbonyl (C=O) groups excluding carboxylic acids is 1. The van der Waals surface area contributed by atoms with Crippen LogP contribution in [0.4, 0.5) is 0 Å². The van der Waals surface area contributed by atoms with Crippen molar-refractivity contribution in [2.75, 3.05) is 13.2 Å². The van der Waals surface area contributed by atoms with Crippen LogP contribution in [0.3, 0.4) is 0 Å². The molecule has 0 N–H and O–H groups in total. The Balaban J connectivity index is 1.94. The first-order chi connectivity index (χ1) is 7.83. The molecule has 0 unspecified atom stereocenters. The Labute approximate surface area is 99.8 Å². The van der Waals surface area contributed by atoms with Crippen LogP contribution < -0.4 is 0 Å². The number of hydrogen-bond acceptors (Lipinski definition) is 2. The van der Waals surface area contributed by atoms with E-state index in [-0.39, 0.29) is 5.78 Å². The summed E-state index contributed by atoms with van der Waals surface area (Å²) < 4.78 is 5.52. The van der Waals surface area contributed by atoms with E-state index in [0.29, 0.717) is 13.0 Å². The number of Topliss-reactive ketones (excluding diaryl/α,β-unsaturated/α-hetero) is 1. The second-order valence-electron chi connectivity index (χ2n) is 5.01. The molecule has 0 saturated heterocycles. The topological polar surface area (TPSA) is 26.3 Å². The maximum atomic E-state index is 11.4. The first-order valence-electron chi connectivity index (χ1n) is 6.92. The third kappa shape index (κ3) is 6.26. The highest BCUT2D eigenvalue weighted by Gasteiger charge is 2.13. The van der Waals surface area contributed by atoms with Crippen LogP contribution >= 0.6 is 0 Å². The highest BCUT2D eigenvalue weighted by Crippen LogP contribution is 2.23. The van der Waals surface area contributed by atoms with Crippen LogP contribution in [0.25, 0.3) is 0 Å². The van der Waals surface area contributed by atoms with Gasteiger partial charge in [-0.15, -0.1) is 0 Å². The maximum absolute atomic E-state index is 11.4. The van der Waals surface area contributed by atoms with E-state index in [1.807, 2.05) is 0 Å². The zero-order valence-electron chi connectivity index (χ0n) is 10.7. The number of ether oxygens (including phenoxy) is 1. The van der Waals surface area contributed by atoms with Crippen molar-refractivity contribution in [1.82, 2.24) is 0 Å². The standard InChI is InChI=1S/C14H26O2/c1-2-3-5-10-14(15)12-16-11-13-8-6-4-7-9-13/h13H,2-12H2,1H3. The van der Waals surface area contributed by atoms with E-state index in [4.69, 9.17) is 4.74 Å². The van der Waals surface area contributed by atoms with Gasteiger partial charge in [-0.05, 0) is 25.2 Å². The monoisotopic (exact) mass is 226 g/mol. The fourth-order valence-electron chi connectivity index (χ4n) is 2.34. The summed E-state index contributed by atoms with van der Waals surface area (Å²) in [4.78, 5) is 11.4. The number of carbonyl (C=O) groups is 1. The van der Waals surface area contributed by atoms with E-state index in [1.165, 1.54) is 38.5 Å². The van der Waals surface area contributed by atoms with Crippen molar-refractivity contribution >= 4 is 5.78 Å². The molecule has 1 aliphatic rings. The van der Waals surface area contributed by atoms with Crippen LogP contribution in [0.5, 0.6) is 0 Å². The maximum Gasteiger partial charge on any atom is 0.158 e. The number of ketones is 1. The molecule has 0 aromatic rings. The molecule has 1 rings (SSSR count). The number of unbranched alkanes of at least 4 members (excludes halogenated alkanes) is 2. The average molecular weight is 226 g/mol. The molecule has 94 valence electrons. The zero-order chi connectivity index (χ0) is 11.6. The third-order valence-corrected chi connectivity index (χ3v) is 3.40. The van der Waals surface area contributed by atoms with Gasteiger partial charge in [0.25, 0.3) is 0 Å². The summed E-state index contributed by atoms with van der Waals surface area (Å²) in [6.07, 6.45) is 10.7. The normalized spacial score (nSPS) is 17.6. The van der Waals surface area contributed by atoms with E-state index in [1.54, 1.807) is 0 Å². The van der Waals surface area contributed by atoms with E-state index < -0.39 is 0 Å². The second-order valence-corrected chi connectivity index (χ2v) is 5.01. The van der Waals surface area contributed by atoms with Gasteiger partial charge in [-0.2, -0.15) is 0 Å². The summed E-state index contributed by atoms with van der Waals surface area (Å²) in [5.41, 5.74) is 0. The lowest BCUT2D eigenvalue weighted by Crippen LogP contribution is -2.17. The van der Waals surface area contributed by atoms with Crippen molar-refractivity contribution in [2.45, 2.75) is 64.7 Å². The molecule has 0 spiro atoms. The first kappa shape index (κ1) is 13.7. The Morgan fingerprint density at radius 3 is 2.62 bits per heavy atom. The summed E-state index contributed by atoms with van der Waals surface area (Å²) in [5, 5.41) is 0. The quantitative estimate of drug-likeness (QED) is 0.589. The molecule has 16 heavy (non-hydrogen) atoms. The van der Waals surface area contributed by atoms with Gasteiger partial charge >= 0.3 is 0 Å². The van der Waals surface area contributed by atoms with E-state index in [2.05, 4.69) is 6.92 Å². The minimum atomic E-state index is 0.282. The summed E-state index contributed by atoms with van der Waals surface area (Å²) in [6, 6.07) is 0. The fraction of sp³-hybridized carbons (Fsp3) is 0.929. The Hall–Kier alpha value is -0.370. The van der Waals surface area contributed by atoms with E-state index >= 15 is 0 Å².